The van der Waals surface area contributed by atoms with Crippen LogP contribution in [-0.2, 0) is 22.4 Å². The van der Waals surface area contributed by atoms with Crippen LogP contribution in [0, 0.1) is 11.8 Å². The first-order chi connectivity index (χ1) is 10.7. The molecule has 2 nitrogen and oxygen atoms in total. The monoisotopic (exact) mass is 298 g/mol. The van der Waals surface area contributed by atoms with Crippen LogP contribution in [0.1, 0.15) is 62.5 Å². The number of hydrogen-bond donors (Lipinski definition) is 0. The highest BCUT2D eigenvalue weighted by atomic mass is 16.1. The van der Waals surface area contributed by atoms with E-state index in [0.717, 1.165) is 36.8 Å². The smallest absolute Gasteiger partial charge is 0.140 e. The van der Waals surface area contributed by atoms with Crippen molar-refractivity contribution in [2.45, 2.75) is 64.2 Å². The Hall–Kier alpha value is -1.44. The third-order valence-corrected chi connectivity index (χ3v) is 5.40. The van der Waals surface area contributed by atoms with Gasteiger partial charge >= 0.3 is 0 Å². The average Bonchev–Trinajstić information content (AvgIpc) is 3.23. The molecule has 1 aromatic carbocycles. The first-order valence-electron chi connectivity index (χ1n) is 8.85. The Balaban J connectivity index is 1.53. The molecule has 2 aliphatic rings. The topological polar surface area (TPSA) is 34.1 Å². The minimum atomic E-state index is 0.295. The number of hydrogen-bond acceptors (Lipinski definition) is 2. The molecule has 0 N–H and O–H groups in total. The zero-order valence-electron chi connectivity index (χ0n) is 13.4. The second kappa shape index (κ2) is 7.21. The molecule has 0 spiro atoms. The predicted molar refractivity (Wildman–Crippen MR) is 87.8 cm³/mol. The highest BCUT2D eigenvalue weighted by Gasteiger charge is 2.23. The number of carbonyl (C=O) groups is 2. The van der Waals surface area contributed by atoms with Gasteiger partial charge in [0.1, 0.15) is 11.6 Å². The lowest BCUT2D eigenvalue weighted by Crippen LogP contribution is -2.14. The largest absolute Gasteiger partial charge is 0.299 e. The first-order valence-corrected chi connectivity index (χ1v) is 8.85. The second-order valence-corrected chi connectivity index (χ2v) is 7.07. The maximum Gasteiger partial charge on any atom is 0.140 e. The summed E-state index contributed by atoms with van der Waals surface area (Å²) in [7, 11) is 0. The van der Waals surface area contributed by atoms with E-state index in [0.29, 0.717) is 36.2 Å². The van der Waals surface area contributed by atoms with E-state index in [4.69, 9.17) is 0 Å². The van der Waals surface area contributed by atoms with Crippen LogP contribution in [-0.4, -0.2) is 11.6 Å². The van der Waals surface area contributed by atoms with Crippen molar-refractivity contribution in [3.05, 3.63) is 35.4 Å². The molecule has 2 heteroatoms. The molecule has 0 amide bonds. The Bertz CT molecular complexity index is 468. The van der Waals surface area contributed by atoms with E-state index >= 15 is 0 Å². The van der Waals surface area contributed by atoms with E-state index in [1.165, 1.54) is 25.7 Å². The van der Waals surface area contributed by atoms with Gasteiger partial charge in [-0.25, -0.2) is 0 Å². The Morgan fingerprint density at radius 3 is 1.32 bits per heavy atom. The second-order valence-electron chi connectivity index (χ2n) is 7.07. The number of rotatable bonds is 6. The molecule has 0 bridgehead atoms. The van der Waals surface area contributed by atoms with Crippen molar-refractivity contribution in [2.24, 2.45) is 11.8 Å². The van der Waals surface area contributed by atoms with Crippen LogP contribution in [0.15, 0.2) is 24.3 Å². The van der Waals surface area contributed by atoms with E-state index in [-0.39, 0.29) is 0 Å². The van der Waals surface area contributed by atoms with Crippen molar-refractivity contribution in [1.29, 1.82) is 0 Å². The number of carbonyl (C=O) groups excluding carboxylic acids is 2. The molecule has 22 heavy (non-hydrogen) atoms. The van der Waals surface area contributed by atoms with Crippen LogP contribution in [0.2, 0.25) is 0 Å². The van der Waals surface area contributed by atoms with Gasteiger partial charge in [0.2, 0.25) is 0 Å². The van der Waals surface area contributed by atoms with E-state index in [1.807, 2.05) is 24.3 Å². The maximum absolute atomic E-state index is 12.2. The summed E-state index contributed by atoms with van der Waals surface area (Å²) >= 11 is 0. The first kappa shape index (κ1) is 15.5. The summed E-state index contributed by atoms with van der Waals surface area (Å²) in [6.07, 6.45) is 10.2. The highest BCUT2D eigenvalue weighted by molar-refractivity contribution is 5.84. The van der Waals surface area contributed by atoms with Crippen LogP contribution in [0.25, 0.3) is 0 Å². The summed E-state index contributed by atoms with van der Waals surface area (Å²) in [5.74, 6) is 1.38. The van der Waals surface area contributed by atoms with Gasteiger partial charge in [-0.1, -0.05) is 49.9 Å². The molecule has 2 saturated carbocycles. The molecule has 0 aliphatic heterocycles. The van der Waals surface area contributed by atoms with Gasteiger partial charge in [-0.15, -0.1) is 0 Å². The summed E-state index contributed by atoms with van der Waals surface area (Å²) in [6.45, 7) is 0. The Labute approximate surface area is 133 Å². The average molecular weight is 298 g/mol. The van der Waals surface area contributed by atoms with Crippen LogP contribution in [0.5, 0.6) is 0 Å². The Morgan fingerprint density at radius 1 is 0.682 bits per heavy atom. The van der Waals surface area contributed by atoms with E-state index in [2.05, 4.69) is 0 Å². The molecule has 0 saturated heterocycles. The minimum absolute atomic E-state index is 0.295. The molecule has 0 radical (unpaired) electrons. The summed E-state index contributed by atoms with van der Waals surface area (Å²) in [6, 6.07) is 8.13. The van der Waals surface area contributed by atoms with E-state index in [9.17, 15) is 9.59 Å². The Morgan fingerprint density at radius 2 is 1.00 bits per heavy atom. The van der Waals surface area contributed by atoms with Crippen molar-refractivity contribution < 1.29 is 9.59 Å². The summed E-state index contributed by atoms with van der Waals surface area (Å²) in [5.41, 5.74) is 2.18. The van der Waals surface area contributed by atoms with Crippen molar-refractivity contribution in [3.63, 3.8) is 0 Å². The quantitative estimate of drug-likeness (QED) is 0.785. The van der Waals surface area contributed by atoms with E-state index < -0.39 is 0 Å². The number of Topliss-reactive ketones (excluding diaryl/α,β-unsaturated/α-hetero) is 2. The van der Waals surface area contributed by atoms with E-state index in [1.54, 1.807) is 0 Å². The van der Waals surface area contributed by atoms with Crippen molar-refractivity contribution in [3.8, 4) is 0 Å². The number of benzene rings is 1. The fraction of sp³-hybridized carbons (Fsp3) is 0.600. The molecule has 0 atom stereocenters. The fourth-order valence-corrected chi connectivity index (χ4v) is 3.96. The highest BCUT2D eigenvalue weighted by Crippen LogP contribution is 2.28. The molecule has 2 fully saturated rings. The van der Waals surface area contributed by atoms with Gasteiger partial charge in [-0.05, 0) is 36.8 Å². The normalized spacial score (nSPS) is 19.6. The molecule has 0 aromatic heterocycles. The fourth-order valence-electron chi connectivity index (χ4n) is 3.96. The summed E-state index contributed by atoms with van der Waals surface area (Å²) in [4.78, 5) is 24.4. The van der Waals surface area contributed by atoms with Crippen LogP contribution >= 0.6 is 0 Å². The van der Waals surface area contributed by atoms with Crippen molar-refractivity contribution in [2.75, 3.05) is 0 Å². The lowest BCUT2D eigenvalue weighted by Gasteiger charge is -2.10. The third kappa shape index (κ3) is 3.85. The van der Waals surface area contributed by atoms with Crippen LogP contribution in [0.4, 0.5) is 0 Å². The molecule has 2 aliphatic carbocycles. The summed E-state index contributed by atoms with van der Waals surface area (Å²) in [5, 5.41) is 0. The molecule has 0 unspecified atom stereocenters. The summed E-state index contributed by atoms with van der Waals surface area (Å²) < 4.78 is 0. The van der Waals surface area contributed by atoms with Gasteiger partial charge in [0.25, 0.3) is 0 Å². The molecule has 0 heterocycles. The van der Waals surface area contributed by atoms with Gasteiger partial charge in [0.15, 0.2) is 0 Å². The predicted octanol–water partition coefficient (Wildman–Crippen LogP) is 4.29. The molecule has 1 aromatic rings. The van der Waals surface area contributed by atoms with Crippen LogP contribution in [0.3, 0.4) is 0 Å². The van der Waals surface area contributed by atoms with Gasteiger partial charge < -0.3 is 0 Å². The minimum Gasteiger partial charge on any atom is -0.299 e. The zero-order valence-corrected chi connectivity index (χ0v) is 13.4. The Kier molecular flexibility index (Phi) is 5.07. The molecular weight excluding hydrogens is 272 g/mol. The molecule has 3 rings (SSSR count). The lowest BCUT2D eigenvalue weighted by molar-refractivity contribution is -0.122. The van der Waals surface area contributed by atoms with Crippen LogP contribution < -0.4 is 0 Å². The lowest BCUT2D eigenvalue weighted by atomic mass is 9.94. The zero-order chi connectivity index (χ0) is 15.4. The van der Waals surface area contributed by atoms with Crippen molar-refractivity contribution >= 4 is 11.6 Å². The third-order valence-electron chi connectivity index (χ3n) is 5.40. The van der Waals surface area contributed by atoms with Gasteiger partial charge in [0.05, 0.1) is 0 Å². The molecule has 118 valence electrons. The van der Waals surface area contributed by atoms with Crippen molar-refractivity contribution in [1.82, 2.24) is 0 Å². The molecular formula is C20H26O2. The standard InChI is InChI=1S/C20H26O2/c21-19(17-5-1-2-6-17)13-15-9-11-16(12-10-15)14-20(22)18-7-3-4-8-18/h9-12,17-18H,1-8,13-14H2. The van der Waals surface area contributed by atoms with Gasteiger partial charge in [-0.3, -0.25) is 9.59 Å². The maximum atomic E-state index is 12.2. The van der Waals surface area contributed by atoms with Gasteiger partial charge in [-0.2, -0.15) is 0 Å². The van der Waals surface area contributed by atoms with Gasteiger partial charge in [0, 0.05) is 24.7 Å². The number of ketones is 2. The SMILES string of the molecule is O=C(Cc1ccc(CC(=O)C2CCCC2)cc1)C1CCCC1.